The normalized spacial score (nSPS) is 47.4. The quantitative estimate of drug-likeness (QED) is 0.376. The number of rotatable bonds is 7. The van der Waals surface area contributed by atoms with E-state index in [0.717, 1.165) is 19.3 Å². The van der Waals surface area contributed by atoms with E-state index in [1.165, 1.54) is 38.5 Å². The van der Waals surface area contributed by atoms with Crippen molar-refractivity contribution in [1.82, 2.24) is 0 Å². The molecule has 4 nitrogen and oxygen atoms in total. The molecule has 0 aromatic rings. The summed E-state index contributed by atoms with van der Waals surface area (Å²) in [7, 11) is -1.57. The maximum Gasteiger partial charge on any atom is 0.303 e. The zero-order valence-corrected chi connectivity index (χ0v) is 24.0. The minimum atomic E-state index is -1.57. The Kier molecular flexibility index (Phi) is 7.44. The number of carboxylic acid groups (broad SMARTS) is 1. The largest absolute Gasteiger partial charge is 0.481 e. The van der Waals surface area contributed by atoms with Crippen LogP contribution in [0.15, 0.2) is 0 Å². The second-order valence-electron chi connectivity index (χ2n) is 14.2. The van der Waals surface area contributed by atoms with Crippen LogP contribution >= 0.6 is 0 Å². The molecule has 34 heavy (non-hydrogen) atoms. The van der Waals surface area contributed by atoms with E-state index in [4.69, 9.17) is 4.43 Å². The lowest BCUT2D eigenvalue weighted by Gasteiger charge is -2.65. The van der Waals surface area contributed by atoms with Gasteiger partial charge in [-0.15, -0.1) is 0 Å². The smallest absolute Gasteiger partial charge is 0.303 e. The minimum Gasteiger partial charge on any atom is -0.481 e. The number of fused-ring (bicyclic) bond motifs is 5. The summed E-state index contributed by atoms with van der Waals surface area (Å²) < 4.78 is 6.62. The van der Waals surface area contributed by atoms with Crippen LogP contribution in [0.4, 0.5) is 0 Å². The van der Waals surface area contributed by atoms with E-state index in [1.807, 2.05) is 0 Å². The molecule has 0 saturated heterocycles. The van der Waals surface area contributed by atoms with Gasteiger partial charge in [0.25, 0.3) is 0 Å². The molecule has 11 atom stereocenters. The number of carboxylic acids is 1. The Hall–Kier alpha value is -0.393. The van der Waals surface area contributed by atoms with Gasteiger partial charge in [0, 0.05) is 12.5 Å². The summed E-state index contributed by atoms with van der Waals surface area (Å²) in [5, 5.41) is 21.2. The van der Waals surface area contributed by atoms with E-state index in [0.29, 0.717) is 52.9 Å². The van der Waals surface area contributed by atoms with E-state index in [2.05, 4.69) is 47.3 Å². The Morgan fingerprint density at radius 1 is 1.03 bits per heavy atom. The van der Waals surface area contributed by atoms with Crippen molar-refractivity contribution in [2.45, 2.75) is 124 Å². The lowest BCUT2D eigenvalue weighted by Crippen LogP contribution is -2.62. The summed E-state index contributed by atoms with van der Waals surface area (Å²) >= 11 is 0. The standard InChI is InChI=1S/C29H52O4Si/c1-8-20-24-17-19(33-34(5,6)7)13-15-29(24,4)23-14-16-28(3)21(18(2)9-12-25(30)31)10-11-22(28)26(23)27(20)32/h18-24,26-27,32H,8-17H2,1-7H3,(H,30,31)/t18-,19?,20-,21-,22?,23?,24+,26?,27?,28-,29-/m1/s1. The van der Waals surface area contributed by atoms with Gasteiger partial charge in [-0.05, 0) is 123 Å². The third-order valence-corrected chi connectivity index (χ3v) is 12.5. The van der Waals surface area contributed by atoms with Crippen molar-refractivity contribution in [2.75, 3.05) is 0 Å². The molecule has 4 rings (SSSR count). The van der Waals surface area contributed by atoms with E-state index in [-0.39, 0.29) is 17.9 Å². The van der Waals surface area contributed by atoms with Crippen LogP contribution in [0, 0.1) is 52.3 Å². The van der Waals surface area contributed by atoms with Gasteiger partial charge in [0.05, 0.1) is 6.10 Å². The molecule has 0 spiro atoms. The molecular weight excluding hydrogens is 440 g/mol. The topological polar surface area (TPSA) is 66.8 Å². The average Bonchev–Trinajstić information content (AvgIpc) is 3.09. The van der Waals surface area contributed by atoms with Crippen molar-refractivity contribution in [2.24, 2.45) is 52.3 Å². The molecular formula is C29H52O4Si. The second-order valence-corrected chi connectivity index (χ2v) is 18.7. The number of aliphatic carboxylic acids is 1. The van der Waals surface area contributed by atoms with Gasteiger partial charge in [0.2, 0.25) is 0 Å². The first-order chi connectivity index (χ1) is 15.8. The molecule has 0 amide bonds. The predicted octanol–water partition coefficient (Wildman–Crippen LogP) is 6.97. The van der Waals surface area contributed by atoms with Crippen molar-refractivity contribution in [3.63, 3.8) is 0 Å². The molecule has 0 aromatic carbocycles. The molecule has 4 saturated carbocycles. The summed E-state index contributed by atoms with van der Waals surface area (Å²) in [5.41, 5.74) is 0.567. The molecule has 0 aromatic heterocycles. The monoisotopic (exact) mass is 492 g/mol. The highest BCUT2D eigenvalue weighted by Crippen LogP contribution is 2.69. The van der Waals surface area contributed by atoms with Crippen LogP contribution in [0.1, 0.15) is 91.9 Å². The van der Waals surface area contributed by atoms with Crippen LogP contribution in [0.5, 0.6) is 0 Å². The van der Waals surface area contributed by atoms with Crippen LogP contribution < -0.4 is 0 Å². The Labute approximate surface area is 209 Å². The van der Waals surface area contributed by atoms with E-state index >= 15 is 0 Å². The van der Waals surface area contributed by atoms with Gasteiger partial charge in [-0.25, -0.2) is 0 Å². The first-order valence-corrected chi connectivity index (χ1v) is 17.8. The highest BCUT2D eigenvalue weighted by atomic mass is 28.4. The second kappa shape index (κ2) is 9.48. The number of aliphatic hydroxyl groups excluding tert-OH is 1. The molecule has 5 unspecified atom stereocenters. The molecule has 0 bridgehead atoms. The van der Waals surface area contributed by atoms with Gasteiger partial charge in [-0.3, -0.25) is 4.79 Å². The van der Waals surface area contributed by atoms with Crippen LogP contribution in [0.25, 0.3) is 0 Å². The maximum absolute atomic E-state index is 12.0. The van der Waals surface area contributed by atoms with Gasteiger partial charge in [0.1, 0.15) is 0 Å². The van der Waals surface area contributed by atoms with Crippen molar-refractivity contribution >= 4 is 14.3 Å². The number of carbonyl (C=O) groups is 1. The Bertz CT molecular complexity index is 749. The number of hydrogen-bond donors (Lipinski definition) is 2. The highest BCUT2D eigenvalue weighted by Gasteiger charge is 2.65. The van der Waals surface area contributed by atoms with Crippen molar-refractivity contribution in [1.29, 1.82) is 0 Å². The molecule has 0 aliphatic heterocycles. The zero-order valence-electron chi connectivity index (χ0n) is 23.0. The van der Waals surface area contributed by atoms with Crippen LogP contribution in [-0.2, 0) is 9.22 Å². The fourth-order valence-electron chi connectivity index (χ4n) is 10.1. The molecule has 0 heterocycles. The number of hydrogen-bond acceptors (Lipinski definition) is 3. The average molecular weight is 493 g/mol. The van der Waals surface area contributed by atoms with E-state index in [1.54, 1.807) is 0 Å². The summed E-state index contributed by atoms with van der Waals surface area (Å²) in [5.74, 6) is 2.94. The van der Waals surface area contributed by atoms with Crippen LogP contribution in [0.2, 0.25) is 19.6 Å². The fraction of sp³-hybridized carbons (Fsp3) is 0.966. The Morgan fingerprint density at radius 3 is 2.29 bits per heavy atom. The van der Waals surface area contributed by atoms with Gasteiger partial charge < -0.3 is 14.6 Å². The van der Waals surface area contributed by atoms with E-state index in [9.17, 15) is 15.0 Å². The first kappa shape index (κ1) is 26.7. The molecule has 4 fully saturated rings. The highest BCUT2D eigenvalue weighted by molar-refractivity contribution is 6.69. The Balaban J connectivity index is 1.58. The summed E-state index contributed by atoms with van der Waals surface area (Å²) in [6.07, 6.45) is 10.8. The molecule has 4 aliphatic rings. The van der Waals surface area contributed by atoms with Crippen molar-refractivity contribution in [3.05, 3.63) is 0 Å². The third-order valence-electron chi connectivity index (χ3n) is 11.5. The summed E-state index contributed by atoms with van der Waals surface area (Å²) in [6.45, 7) is 16.6. The molecule has 4 aliphatic carbocycles. The van der Waals surface area contributed by atoms with Gasteiger partial charge in [-0.1, -0.05) is 34.1 Å². The summed E-state index contributed by atoms with van der Waals surface area (Å²) in [4.78, 5) is 11.2. The predicted molar refractivity (Wildman–Crippen MR) is 140 cm³/mol. The summed E-state index contributed by atoms with van der Waals surface area (Å²) in [6, 6.07) is 0. The Morgan fingerprint density at radius 2 is 1.68 bits per heavy atom. The van der Waals surface area contributed by atoms with Crippen molar-refractivity contribution < 1.29 is 19.4 Å². The van der Waals surface area contributed by atoms with Gasteiger partial charge in [0.15, 0.2) is 8.32 Å². The molecule has 196 valence electrons. The van der Waals surface area contributed by atoms with E-state index < -0.39 is 14.3 Å². The fourth-order valence-corrected chi connectivity index (χ4v) is 11.3. The minimum absolute atomic E-state index is 0.198. The molecule has 2 N–H and O–H groups in total. The zero-order chi connectivity index (χ0) is 25.1. The van der Waals surface area contributed by atoms with Crippen molar-refractivity contribution in [3.8, 4) is 0 Å². The lowest BCUT2D eigenvalue weighted by atomic mass is 9.41. The van der Waals surface area contributed by atoms with Gasteiger partial charge in [-0.2, -0.15) is 0 Å². The van der Waals surface area contributed by atoms with Crippen LogP contribution in [0.3, 0.4) is 0 Å². The molecule has 5 heteroatoms. The van der Waals surface area contributed by atoms with Crippen LogP contribution in [-0.4, -0.2) is 36.7 Å². The maximum atomic E-state index is 12.0. The lowest BCUT2D eigenvalue weighted by molar-refractivity contribution is -0.202. The third kappa shape index (κ3) is 4.56. The SMILES string of the molecule is CC[C@H]1C(O)C2C3CC[C@H]([C@H](C)CCC(=O)O)[C@@]3(C)CCC2[C@@]2(C)CCC(O[Si](C)(C)C)C[C@@H]12. The van der Waals surface area contributed by atoms with Gasteiger partial charge >= 0.3 is 5.97 Å². The first-order valence-electron chi connectivity index (χ1n) is 14.4. The number of aliphatic hydroxyl groups is 1. The molecule has 0 radical (unpaired) electrons.